The molecule has 1 atom stereocenters. The van der Waals surface area contributed by atoms with Crippen molar-refractivity contribution in [1.29, 1.82) is 0 Å². The van der Waals surface area contributed by atoms with Crippen LogP contribution >= 0.6 is 0 Å². The monoisotopic (exact) mass is 189 g/mol. The summed E-state index contributed by atoms with van der Waals surface area (Å²) in [5, 5.41) is 0. The topological polar surface area (TPSA) is 21.6 Å². The summed E-state index contributed by atoms with van der Waals surface area (Å²) in [5.74, 6) is 0.989. The molecule has 0 fully saturated rings. The van der Waals surface area contributed by atoms with Gasteiger partial charge in [-0.3, -0.25) is 4.99 Å². The molecule has 1 aliphatic rings. The summed E-state index contributed by atoms with van der Waals surface area (Å²) in [6.07, 6.45) is 0.983. The van der Waals surface area contributed by atoms with E-state index in [0.29, 0.717) is 6.04 Å². The SMILES string of the molecule is COc1cccc2c1CC(C)N=C2C. The number of hydrogen-bond acceptors (Lipinski definition) is 2. The minimum atomic E-state index is 0.374. The van der Waals surface area contributed by atoms with Crippen molar-refractivity contribution >= 4 is 5.71 Å². The van der Waals surface area contributed by atoms with Gasteiger partial charge in [-0.1, -0.05) is 12.1 Å². The van der Waals surface area contributed by atoms with Gasteiger partial charge in [-0.05, 0) is 26.3 Å². The van der Waals surface area contributed by atoms with Gasteiger partial charge in [-0.2, -0.15) is 0 Å². The lowest BCUT2D eigenvalue weighted by atomic mass is 9.94. The van der Waals surface area contributed by atoms with Crippen molar-refractivity contribution in [3.63, 3.8) is 0 Å². The average Bonchev–Trinajstić information content (AvgIpc) is 2.17. The quantitative estimate of drug-likeness (QED) is 0.665. The van der Waals surface area contributed by atoms with E-state index in [1.807, 2.05) is 12.1 Å². The summed E-state index contributed by atoms with van der Waals surface area (Å²) in [5.41, 5.74) is 3.66. The van der Waals surface area contributed by atoms with Gasteiger partial charge in [0, 0.05) is 16.8 Å². The van der Waals surface area contributed by atoms with Crippen molar-refractivity contribution in [3.05, 3.63) is 29.3 Å². The molecule has 1 aliphatic heterocycles. The second-order valence-electron chi connectivity index (χ2n) is 3.75. The molecule has 1 unspecified atom stereocenters. The minimum Gasteiger partial charge on any atom is -0.496 e. The Morgan fingerprint density at radius 1 is 1.43 bits per heavy atom. The van der Waals surface area contributed by atoms with Gasteiger partial charge in [0.1, 0.15) is 5.75 Å². The lowest BCUT2D eigenvalue weighted by Crippen LogP contribution is -2.17. The van der Waals surface area contributed by atoms with Crippen molar-refractivity contribution < 1.29 is 4.74 Å². The first-order valence-corrected chi connectivity index (χ1v) is 4.93. The molecule has 0 N–H and O–H groups in total. The Balaban J connectivity index is 2.56. The predicted octanol–water partition coefficient (Wildman–Crippen LogP) is 2.45. The Labute approximate surface area is 84.6 Å². The van der Waals surface area contributed by atoms with E-state index < -0.39 is 0 Å². The van der Waals surface area contributed by atoms with Crippen molar-refractivity contribution in [1.82, 2.24) is 0 Å². The lowest BCUT2D eigenvalue weighted by Gasteiger charge is -2.21. The maximum Gasteiger partial charge on any atom is 0.122 e. The molecule has 0 bridgehead atoms. The number of ether oxygens (including phenoxy) is 1. The van der Waals surface area contributed by atoms with Gasteiger partial charge in [0.2, 0.25) is 0 Å². The highest BCUT2D eigenvalue weighted by molar-refractivity contribution is 6.01. The third-order valence-corrected chi connectivity index (χ3v) is 2.66. The van der Waals surface area contributed by atoms with Gasteiger partial charge < -0.3 is 4.74 Å². The van der Waals surface area contributed by atoms with Crippen LogP contribution in [0.5, 0.6) is 5.75 Å². The number of hydrogen-bond donors (Lipinski definition) is 0. The number of benzene rings is 1. The highest BCUT2D eigenvalue weighted by Crippen LogP contribution is 2.28. The molecule has 0 aliphatic carbocycles. The van der Waals surface area contributed by atoms with Crippen LogP contribution in [0.4, 0.5) is 0 Å². The van der Waals surface area contributed by atoms with Crippen molar-refractivity contribution in [3.8, 4) is 5.75 Å². The second kappa shape index (κ2) is 3.45. The Hall–Kier alpha value is -1.31. The highest BCUT2D eigenvalue weighted by atomic mass is 16.5. The number of rotatable bonds is 1. The van der Waals surface area contributed by atoms with Crippen LogP contribution in [0.3, 0.4) is 0 Å². The number of nitrogens with zero attached hydrogens (tertiary/aromatic N) is 1. The molecule has 2 heteroatoms. The van der Waals surface area contributed by atoms with E-state index in [0.717, 1.165) is 17.9 Å². The molecule has 0 radical (unpaired) electrons. The fourth-order valence-electron chi connectivity index (χ4n) is 2.05. The Morgan fingerprint density at radius 2 is 2.21 bits per heavy atom. The maximum atomic E-state index is 5.35. The lowest BCUT2D eigenvalue weighted by molar-refractivity contribution is 0.408. The van der Waals surface area contributed by atoms with Gasteiger partial charge in [-0.15, -0.1) is 0 Å². The molecule has 0 aromatic heterocycles. The molecule has 14 heavy (non-hydrogen) atoms. The molecular weight excluding hydrogens is 174 g/mol. The molecule has 0 spiro atoms. The Kier molecular flexibility index (Phi) is 2.28. The molecule has 1 aromatic rings. The first kappa shape index (κ1) is 9.25. The predicted molar refractivity (Wildman–Crippen MR) is 58.4 cm³/mol. The van der Waals surface area contributed by atoms with Crippen molar-refractivity contribution in [2.24, 2.45) is 4.99 Å². The van der Waals surface area contributed by atoms with Crippen LogP contribution in [-0.2, 0) is 6.42 Å². The van der Waals surface area contributed by atoms with E-state index in [9.17, 15) is 0 Å². The standard InChI is InChI=1S/C12H15NO/c1-8-7-11-10(9(2)13-8)5-4-6-12(11)14-3/h4-6,8H,7H2,1-3H3. The first-order chi connectivity index (χ1) is 6.72. The first-order valence-electron chi connectivity index (χ1n) is 4.93. The zero-order chi connectivity index (χ0) is 10.1. The Bertz CT molecular complexity index is 382. The molecule has 2 nitrogen and oxygen atoms in total. The van der Waals surface area contributed by atoms with E-state index in [4.69, 9.17) is 4.74 Å². The number of methoxy groups -OCH3 is 1. The zero-order valence-corrected chi connectivity index (χ0v) is 8.87. The molecule has 0 saturated heterocycles. The third kappa shape index (κ3) is 1.41. The van der Waals surface area contributed by atoms with E-state index >= 15 is 0 Å². The van der Waals surface area contributed by atoms with Gasteiger partial charge >= 0.3 is 0 Å². The summed E-state index contributed by atoms with van der Waals surface area (Å²) < 4.78 is 5.35. The summed E-state index contributed by atoms with van der Waals surface area (Å²) in [4.78, 5) is 4.56. The Morgan fingerprint density at radius 3 is 2.93 bits per heavy atom. The summed E-state index contributed by atoms with van der Waals surface area (Å²) in [6, 6.07) is 6.53. The van der Waals surface area contributed by atoms with Crippen LogP contribution in [0.1, 0.15) is 25.0 Å². The van der Waals surface area contributed by atoms with E-state index in [2.05, 4.69) is 24.9 Å². The number of fused-ring (bicyclic) bond motifs is 1. The third-order valence-electron chi connectivity index (χ3n) is 2.66. The largest absolute Gasteiger partial charge is 0.496 e. The fourth-order valence-corrected chi connectivity index (χ4v) is 2.05. The molecular formula is C12H15NO. The molecule has 0 saturated carbocycles. The maximum absolute atomic E-state index is 5.35. The van der Waals surface area contributed by atoms with E-state index in [-0.39, 0.29) is 0 Å². The molecule has 0 amide bonds. The van der Waals surface area contributed by atoms with Crippen LogP contribution in [0, 0.1) is 0 Å². The normalized spacial score (nSPS) is 19.9. The van der Waals surface area contributed by atoms with Crippen LogP contribution in [0.25, 0.3) is 0 Å². The van der Waals surface area contributed by atoms with Crippen LogP contribution < -0.4 is 4.74 Å². The molecule has 2 rings (SSSR count). The minimum absolute atomic E-state index is 0.374. The fraction of sp³-hybridized carbons (Fsp3) is 0.417. The number of aliphatic imine (C=N–C) groups is 1. The van der Waals surface area contributed by atoms with Crippen molar-refractivity contribution in [2.45, 2.75) is 26.3 Å². The van der Waals surface area contributed by atoms with Gasteiger partial charge in [-0.25, -0.2) is 0 Å². The van der Waals surface area contributed by atoms with Gasteiger partial charge in [0.15, 0.2) is 0 Å². The van der Waals surface area contributed by atoms with Crippen LogP contribution in [0.2, 0.25) is 0 Å². The summed E-state index contributed by atoms with van der Waals surface area (Å²) in [7, 11) is 1.72. The molecule has 1 aromatic carbocycles. The van der Waals surface area contributed by atoms with E-state index in [1.54, 1.807) is 7.11 Å². The summed E-state index contributed by atoms with van der Waals surface area (Å²) >= 11 is 0. The smallest absolute Gasteiger partial charge is 0.122 e. The average molecular weight is 189 g/mol. The highest BCUT2D eigenvalue weighted by Gasteiger charge is 2.18. The van der Waals surface area contributed by atoms with Crippen LogP contribution in [-0.4, -0.2) is 18.9 Å². The van der Waals surface area contributed by atoms with Crippen molar-refractivity contribution in [2.75, 3.05) is 7.11 Å². The van der Waals surface area contributed by atoms with Crippen LogP contribution in [0.15, 0.2) is 23.2 Å². The zero-order valence-electron chi connectivity index (χ0n) is 8.87. The summed E-state index contributed by atoms with van der Waals surface area (Å²) in [6.45, 7) is 4.20. The van der Waals surface area contributed by atoms with E-state index in [1.165, 1.54) is 11.1 Å². The van der Waals surface area contributed by atoms with Gasteiger partial charge in [0.05, 0.1) is 13.2 Å². The molecule has 1 heterocycles. The second-order valence-corrected chi connectivity index (χ2v) is 3.75. The molecule has 74 valence electrons. The van der Waals surface area contributed by atoms with Gasteiger partial charge in [0.25, 0.3) is 0 Å².